The molecule has 0 unspecified atom stereocenters. The first-order valence-corrected chi connectivity index (χ1v) is 6.85. The van der Waals surface area contributed by atoms with Crippen molar-refractivity contribution in [1.29, 1.82) is 5.26 Å². The fourth-order valence-electron chi connectivity index (χ4n) is 2.76. The van der Waals surface area contributed by atoms with Crippen molar-refractivity contribution in [3.8, 4) is 6.07 Å². The first kappa shape index (κ1) is 13.0. The lowest BCUT2D eigenvalue weighted by Gasteiger charge is -2.27. The van der Waals surface area contributed by atoms with Gasteiger partial charge < -0.3 is 0 Å². The van der Waals surface area contributed by atoms with Gasteiger partial charge in [-0.3, -0.25) is 4.90 Å². The van der Waals surface area contributed by atoms with E-state index in [0.29, 0.717) is 11.7 Å². The largest absolute Gasteiger partial charge is 0.299 e. The van der Waals surface area contributed by atoms with Crippen molar-refractivity contribution in [3.05, 3.63) is 29.6 Å². The number of hydrogen-bond donors (Lipinski definition) is 0. The van der Waals surface area contributed by atoms with Crippen LogP contribution in [-0.2, 0) is 6.54 Å². The zero-order valence-electron chi connectivity index (χ0n) is 11.1. The monoisotopic (exact) mass is 243 g/mol. The first-order chi connectivity index (χ1) is 8.81. The van der Waals surface area contributed by atoms with Crippen LogP contribution in [0.2, 0.25) is 0 Å². The van der Waals surface area contributed by atoms with Gasteiger partial charge in [-0.2, -0.15) is 5.26 Å². The van der Waals surface area contributed by atoms with Crippen molar-refractivity contribution in [2.24, 2.45) is 0 Å². The van der Waals surface area contributed by atoms with Crippen LogP contribution in [0.4, 0.5) is 0 Å². The predicted octanol–water partition coefficient (Wildman–Crippen LogP) is 3.11. The minimum atomic E-state index is 0.568. The van der Waals surface area contributed by atoms with E-state index in [9.17, 15) is 0 Å². The zero-order valence-corrected chi connectivity index (χ0v) is 11.1. The van der Waals surface area contributed by atoms with Crippen LogP contribution in [0.1, 0.15) is 49.8 Å². The fourth-order valence-corrected chi connectivity index (χ4v) is 2.76. The van der Waals surface area contributed by atoms with Gasteiger partial charge in [0.25, 0.3) is 0 Å². The highest BCUT2D eigenvalue weighted by atomic mass is 15.1. The van der Waals surface area contributed by atoms with E-state index in [-0.39, 0.29) is 0 Å². The third kappa shape index (κ3) is 3.30. The maximum Gasteiger partial charge on any atom is 0.144 e. The molecule has 1 fully saturated rings. The molecule has 0 aliphatic heterocycles. The van der Waals surface area contributed by atoms with Gasteiger partial charge in [-0.25, -0.2) is 4.98 Å². The van der Waals surface area contributed by atoms with E-state index in [2.05, 4.69) is 23.0 Å². The molecule has 0 amide bonds. The lowest BCUT2D eigenvalue weighted by atomic mass is 10.1. The van der Waals surface area contributed by atoms with E-state index >= 15 is 0 Å². The summed E-state index contributed by atoms with van der Waals surface area (Å²) < 4.78 is 0. The molecule has 1 aromatic rings. The molecule has 0 aromatic carbocycles. The maximum atomic E-state index is 9.06. The van der Waals surface area contributed by atoms with Gasteiger partial charge in [0, 0.05) is 24.3 Å². The topological polar surface area (TPSA) is 39.9 Å². The molecule has 0 atom stereocenters. The number of pyridine rings is 1. The number of hydrogen-bond acceptors (Lipinski definition) is 3. The Kier molecular flexibility index (Phi) is 4.72. The third-order valence-electron chi connectivity index (χ3n) is 3.86. The summed E-state index contributed by atoms with van der Waals surface area (Å²) in [5, 5.41) is 9.06. The van der Waals surface area contributed by atoms with Crippen molar-refractivity contribution in [1.82, 2.24) is 9.88 Å². The Hall–Kier alpha value is -1.40. The van der Waals surface area contributed by atoms with Gasteiger partial charge in [0.2, 0.25) is 0 Å². The first-order valence-electron chi connectivity index (χ1n) is 6.85. The second kappa shape index (κ2) is 6.51. The highest BCUT2D eigenvalue weighted by Crippen LogP contribution is 2.22. The molecular formula is C15H21N3. The minimum Gasteiger partial charge on any atom is -0.299 e. The standard InChI is InChI=1S/C15H21N3/c1-18(14-8-4-2-3-5-9-14)12-13-7-6-10-17-15(13)11-16/h6-7,10,14H,2-5,8-9,12H2,1H3. The van der Waals surface area contributed by atoms with Crippen LogP contribution < -0.4 is 0 Å². The molecule has 0 bridgehead atoms. The molecule has 0 spiro atoms. The normalized spacial score (nSPS) is 17.4. The number of aromatic nitrogens is 1. The molecule has 3 nitrogen and oxygen atoms in total. The SMILES string of the molecule is CN(Cc1cccnc1C#N)C1CCCCCC1. The quantitative estimate of drug-likeness (QED) is 0.766. The Morgan fingerprint density at radius 1 is 1.33 bits per heavy atom. The summed E-state index contributed by atoms with van der Waals surface area (Å²) in [6.07, 6.45) is 9.70. The summed E-state index contributed by atoms with van der Waals surface area (Å²) in [4.78, 5) is 6.52. The van der Waals surface area contributed by atoms with Gasteiger partial charge in [0.05, 0.1) is 0 Å². The zero-order chi connectivity index (χ0) is 12.8. The van der Waals surface area contributed by atoms with Crippen LogP contribution >= 0.6 is 0 Å². The van der Waals surface area contributed by atoms with Crippen LogP contribution in [0.25, 0.3) is 0 Å². The van der Waals surface area contributed by atoms with E-state index in [4.69, 9.17) is 5.26 Å². The lowest BCUT2D eigenvalue weighted by Crippen LogP contribution is -2.31. The van der Waals surface area contributed by atoms with Gasteiger partial charge in [0.15, 0.2) is 0 Å². The molecule has 3 heteroatoms. The van der Waals surface area contributed by atoms with Crippen molar-refractivity contribution in [3.63, 3.8) is 0 Å². The summed E-state index contributed by atoms with van der Waals surface area (Å²) in [5.41, 5.74) is 1.62. The van der Waals surface area contributed by atoms with Crippen LogP contribution in [0, 0.1) is 11.3 Å². The molecule has 0 saturated heterocycles. The number of nitriles is 1. The van der Waals surface area contributed by atoms with E-state index in [1.165, 1.54) is 38.5 Å². The second-order valence-corrected chi connectivity index (χ2v) is 5.18. The van der Waals surface area contributed by atoms with E-state index in [0.717, 1.165) is 12.1 Å². The van der Waals surface area contributed by atoms with Crippen molar-refractivity contribution >= 4 is 0 Å². The van der Waals surface area contributed by atoms with Crippen LogP contribution in [0.15, 0.2) is 18.3 Å². The molecule has 1 aliphatic rings. The summed E-state index contributed by atoms with van der Waals surface area (Å²) in [5.74, 6) is 0. The van der Waals surface area contributed by atoms with Crippen LogP contribution in [0.3, 0.4) is 0 Å². The summed E-state index contributed by atoms with van der Waals surface area (Å²) >= 11 is 0. The minimum absolute atomic E-state index is 0.568. The molecule has 1 heterocycles. The van der Waals surface area contributed by atoms with Gasteiger partial charge in [-0.1, -0.05) is 31.7 Å². The molecular weight excluding hydrogens is 222 g/mol. The van der Waals surface area contributed by atoms with Crippen molar-refractivity contribution < 1.29 is 0 Å². The Bertz CT molecular complexity index is 414. The highest BCUT2D eigenvalue weighted by molar-refractivity contribution is 5.30. The fraction of sp³-hybridized carbons (Fsp3) is 0.600. The molecule has 2 rings (SSSR count). The molecule has 1 aromatic heterocycles. The summed E-state index contributed by atoms with van der Waals surface area (Å²) in [6.45, 7) is 0.835. The lowest BCUT2D eigenvalue weighted by molar-refractivity contribution is 0.212. The average Bonchev–Trinajstić information content (AvgIpc) is 2.68. The third-order valence-corrected chi connectivity index (χ3v) is 3.86. The molecule has 0 N–H and O–H groups in total. The number of nitrogens with zero attached hydrogens (tertiary/aromatic N) is 3. The van der Waals surface area contributed by atoms with Gasteiger partial charge >= 0.3 is 0 Å². The van der Waals surface area contributed by atoms with Crippen LogP contribution in [-0.4, -0.2) is 23.0 Å². The van der Waals surface area contributed by atoms with E-state index in [1.807, 2.05) is 12.1 Å². The summed E-state index contributed by atoms with van der Waals surface area (Å²) in [6, 6.07) is 6.77. The highest BCUT2D eigenvalue weighted by Gasteiger charge is 2.17. The molecule has 0 radical (unpaired) electrons. The Balaban J connectivity index is 2.01. The van der Waals surface area contributed by atoms with E-state index < -0.39 is 0 Å². The van der Waals surface area contributed by atoms with E-state index in [1.54, 1.807) is 6.20 Å². The Morgan fingerprint density at radius 3 is 2.72 bits per heavy atom. The Morgan fingerprint density at radius 2 is 2.06 bits per heavy atom. The average molecular weight is 243 g/mol. The van der Waals surface area contributed by atoms with Crippen molar-refractivity contribution in [2.45, 2.75) is 51.1 Å². The van der Waals surface area contributed by atoms with Gasteiger partial charge in [-0.15, -0.1) is 0 Å². The molecule has 1 saturated carbocycles. The van der Waals surface area contributed by atoms with Crippen LogP contribution in [0.5, 0.6) is 0 Å². The van der Waals surface area contributed by atoms with Crippen molar-refractivity contribution in [2.75, 3.05) is 7.05 Å². The predicted molar refractivity (Wildman–Crippen MR) is 71.9 cm³/mol. The molecule has 96 valence electrons. The number of rotatable bonds is 3. The maximum absolute atomic E-state index is 9.06. The second-order valence-electron chi connectivity index (χ2n) is 5.18. The molecule has 18 heavy (non-hydrogen) atoms. The summed E-state index contributed by atoms with van der Waals surface area (Å²) in [7, 11) is 2.17. The molecule has 1 aliphatic carbocycles. The van der Waals surface area contributed by atoms with Gasteiger partial charge in [-0.05, 0) is 26.0 Å². The van der Waals surface area contributed by atoms with Gasteiger partial charge in [0.1, 0.15) is 11.8 Å². The Labute approximate surface area is 109 Å². The smallest absolute Gasteiger partial charge is 0.144 e.